The van der Waals surface area contributed by atoms with Crippen LogP contribution in [-0.2, 0) is 6.42 Å². The zero-order chi connectivity index (χ0) is 19.0. The molecule has 0 aliphatic heterocycles. The van der Waals surface area contributed by atoms with E-state index in [2.05, 4.69) is 11.4 Å². The minimum absolute atomic E-state index is 0.276. The van der Waals surface area contributed by atoms with Gasteiger partial charge in [-0.3, -0.25) is 0 Å². The number of nitrogens with one attached hydrogen (secondary N) is 2. The number of hydrogen-bond acceptors (Lipinski definition) is 4. The Balaban J connectivity index is 1.68. The highest BCUT2D eigenvalue weighted by atomic mass is 19.1. The molecule has 1 heterocycles. The summed E-state index contributed by atoms with van der Waals surface area (Å²) in [4.78, 5) is 4.87. The molecule has 4 rings (SSSR count). The summed E-state index contributed by atoms with van der Waals surface area (Å²) in [5, 5.41) is 21.6. The number of rotatable bonds is 3. The lowest BCUT2D eigenvalue weighted by atomic mass is 9.69. The molecule has 1 saturated carbocycles. The maximum atomic E-state index is 13.2. The van der Waals surface area contributed by atoms with Gasteiger partial charge in [-0.1, -0.05) is 0 Å². The zero-order valence-electron chi connectivity index (χ0n) is 15.6. The number of fused-ring (bicyclic) bond motifs is 3. The predicted molar refractivity (Wildman–Crippen MR) is 105 cm³/mol. The van der Waals surface area contributed by atoms with Gasteiger partial charge in [0.05, 0.1) is 5.60 Å². The number of hydrogen-bond donors (Lipinski definition) is 3. The minimum Gasteiger partial charge on any atom is -0.390 e. The molecule has 1 aromatic heterocycles. The van der Waals surface area contributed by atoms with Gasteiger partial charge in [0.2, 0.25) is 0 Å². The van der Waals surface area contributed by atoms with Crippen molar-refractivity contribution in [2.75, 3.05) is 5.32 Å². The Morgan fingerprint density at radius 3 is 2.81 bits per heavy atom. The van der Waals surface area contributed by atoms with Gasteiger partial charge in [-0.25, -0.2) is 9.37 Å². The summed E-state index contributed by atoms with van der Waals surface area (Å²) in [6, 6.07) is 8.28. The lowest BCUT2D eigenvalue weighted by Crippen LogP contribution is -2.35. The first-order chi connectivity index (χ1) is 12.9. The molecule has 3 N–H and O–H groups in total. The van der Waals surface area contributed by atoms with Crippen LogP contribution < -0.4 is 5.32 Å². The summed E-state index contributed by atoms with van der Waals surface area (Å²) < 4.78 is 13.2. The van der Waals surface area contributed by atoms with E-state index in [1.54, 1.807) is 12.1 Å². The summed E-state index contributed by atoms with van der Waals surface area (Å²) in [5.41, 5.74) is 3.28. The molecule has 0 spiro atoms. The Bertz CT molecular complexity index is 847. The third kappa shape index (κ3) is 3.74. The van der Waals surface area contributed by atoms with Gasteiger partial charge >= 0.3 is 0 Å². The molecule has 1 fully saturated rings. The average molecular weight is 367 g/mol. The first kappa shape index (κ1) is 18.1. The first-order valence-electron chi connectivity index (χ1n) is 9.74. The van der Waals surface area contributed by atoms with Crippen LogP contribution in [0, 0.1) is 17.1 Å². The van der Waals surface area contributed by atoms with E-state index in [4.69, 9.17) is 10.4 Å². The Hall–Kier alpha value is -2.27. The molecular weight excluding hydrogens is 341 g/mol. The second-order valence-corrected chi connectivity index (χ2v) is 8.24. The smallest absolute Gasteiger partial charge is 0.139 e. The van der Waals surface area contributed by atoms with E-state index in [0.29, 0.717) is 17.7 Å². The van der Waals surface area contributed by atoms with E-state index in [1.165, 1.54) is 23.9 Å². The number of aliphatic hydroxyl groups is 1. The highest BCUT2D eigenvalue weighted by Gasteiger charge is 2.39. The van der Waals surface area contributed by atoms with E-state index in [0.717, 1.165) is 55.5 Å². The van der Waals surface area contributed by atoms with Gasteiger partial charge in [-0.05, 0) is 93.2 Å². The second-order valence-electron chi connectivity index (χ2n) is 8.24. The Labute approximate surface area is 159 Å². The van der Waals surface area contributed by atoms with Gasteiger partial charge in [-0.2, -0.15) is 0 Å². The summed E-state index contributed by atoms with van der Waals surface area (Å²) in [7, 11) is 0. The monoisotopic (exact) mass is 367 g/mol. The van der Waals surface area contributed by atoms with Crippen molar-refractivity contribution in [3.8, 4) is 0 Å². The molecule has 0 radical (unpaired) electrons. The van der Waals surface area contributed by atoms with Gasteiger partial charge in [0, 0.05) is 23.2 Å². The molecule has 4 nitrogen and oxygen atoms in total. The molecule has 3 atom stereocenters. The molecular formula is C22H26FN3O. The van der Waals surface area contributed by atoms with Crippen molar-refractivity contribution in [2.45, 2.75) is 57.0 Å². The van der Waals surface area contributed by atoms with Gasteiger partial charge in [0.15, 0.2) is 0 Å². The zero-order valence-corrected chi connectivity index (χ0v) is 15.6. The van der Waals surface area contributed by atoms with Crippen LogP contribution in [0.4, 0.5) is 15.9 Å². The fraction of sp³-hybridized carbons (Fsp3) is 0.455. The van der Waals surface area contributed by atoms with Crippen LogP contribution in [0.25, 0.3) is 0 Å². The topological polar surface area (TPSA) is 69.0 Å². The molecule has 142 valence electrons. The van der Waals surface area contributed by atoms with Gasteiger partial charge in [-0.15, -0.1) is 0 Å². The predicted octanol–water partition coefficient (Wildman–Crippen LogP) is 4.93. The fourth-order valence-corrected chi connectivity index (χ4v) is 4.74. The largest absolute Gasteiger partial charge is 0.390 e. The normalized spacial score (nSPS) is 27.2. The van der Waals surface area contributed by atoms with Crippen LogP contribution in [0.2, 0.25) is 0 Å². The number of benzene rings is 1. The highest BCUT2D eigenvalue weighted by Crippen LogP contribution is 2.47. The average Bonchev–Trinajstić information content (AvgIpc) is 2.80. The first-order valence-corrected chi connectivity index (χ1v) is 9.74. The summed E-state index contributed by atoms with van der Waals surface area (Å²) in [6.07, 6.45) is 7.04. The number of pyridine rings is 1. The molecule has 1 aromatic carbocycles. The standard InChI is InChI=1S/C22H26FN3O/c1-22(27)10-9-18-14(12-22)3-2-4-20-19(18)11-15(13-24)21(26-20)25-17-7-5-16(23)6-8-17/h5-8,11,13-14,18,24,27H,2-4,9-10,12H2,1H3,(H,25,26)/t14-,18?,22+/m1/s1. The maximum absolute atomic E-state index is 13.2. The van der Waals surface area contributed by atoms with Crippen molar-refractivity contribution in [1.29, 1.82) is 5.41 Å². The molecule has 0 saturated heterocycles. The quantitative estimate of drug-likeness (QED) is 0.674. The van der Waals surface area contributed by atoms with E-state index in [1.807, 2.05) is 6.92 Å². The Morgan fingerprint density at radius 1 is 1.30 bits per heavy atom. The maximum Gasteiger partial charge on any atom is 0.139 e. The SMILES string of the molecule is C[C@]1(O)CCC2c3cc(C=N)c(Nc4ccc(F)cc4)nc3CCC[C@@H]2C1. The van der Waals surface area contributed by atoms with Crippen molar-refractivity contribution in [1.82, 2.24) is 4.98 Å². The number of aryl methyl sites for hydroxylation is 1. The van der Waals surface area contributed by atoms with Gasteiger partial charge in [0.25, 0.3) is 0 Å². The molecule has 2 aromatic rings. The summed E-state index contributed by atoms with van der Waals surface area (Å²) in [6.45, 7) is 1.95. The molecule has 2 aliphatic carbocycles. The molecule has 0 amide bonds. The molecule has 0 bridgehead atoms. The van der Waals surface area contributed by atoms with Crippen LogP contribution in [0.1, 0.15) is 61.8 Å². The van der Waals surface area contributed by atoms with Crippen LogP contribution in [0.15, 0.2) is 30.3 Å². The highest BCUT2D eigenvalue weighted by molar-refractivity contribution is 5.86. The second kappa shape index (κ2) is 7.04. The van der Waals surface area contributed by atoms with E-state index in [-0.39, 0.29) is 5.82 Å². The van der Waals surface area contributed by atoms with Crippen molar-refractivity contribution >= 4 is 17.7 Å². The number of aromatic nitrogens is 1. The van der Waals surface area contributed by atoms with E-state index < -0.39 is 5.60 Å². The Morgan fingerprint density at radius 2 is 2.07 bits per heavy atom. The number of nitrogens with zero attached hydrogens (tertiary/aromatic N) is 1. The Kier molecular flexibility index (Phi) is 4.72. The van der Waals surface area contributed by atoms with Crippen LogP contribution in [0.5, 0.6) is 0 Å². The number of anilines is 2. The molecule has 5 heteroatoms. The molecule has 1 unspecified atom stereocenters. The van der Waals surface area contributed by atoms with Crippen LogP contribution >= 0.6 is 0 Å². The third-order valence-corrected chi connectivity index (χ3v) is 6.08. The van der Waals surface area contributed by atoms with Crippen molar-refractivity contribution in [3.05, 3.63) is 53.0 Å². The minimum atomic E-state index is -0.562. The van der Waals surface area contributed by atoms with Gasteiger partial charge < -0.3 is 15.8 Å². The fourth-order valence-electron chi connectivity index (χ4n) is 4.74. The summed E-state index contributed by atoms with van der Waals surface area (Å²) >= 11 is 0. The lowest BCUT2D eigenvalue weighted by Gasteiger charge is -2.39. The van der Waals surface area contributed by atoms with E-state index in [9.17, 15) is 9.50 Å². The van der Waals surface area contributed by atoms with Crippen molar-refractivity contribution in [2.24, 2.45) is 5.92 Å². The van der Waals surface area contributed by atoms with E-state index >= 15 is 0 Å². The van der Waals surface area contributed by atoms with Crippen molar-refractivity contribution in [3.63, 3.8) is 0 Å². The lowest BCUT2D eigenvalue weighted by molar-refractivity contribution is -0.00802. The van der Waals surface area contributed by atoms with Crippen LogP contribution in [-0.4, -0.2) is 21.9 Å². The van der Waals surface area contributed by atoms with Crippen molar-refractivity contribution < 1.29 is 9.50 Å². The molecule has 2 aliphatic rings. The summed E-state index contributed by atoms with van der Waals surface area (Å²) in [5.74, 6) is 1.26. The van der Waals surface area contributed by atoms with Crippen LogP contribution in [0.3, 0.4) is 0 Å². The third-order valence-electron chi connectivity index (χ3n) is 6.08. The number of halogens is 1. The molecule has 27 heavy (non-hydrogen) atoms. The van der Waals surface area contributed by atoms with Gasteiger partial charge in [0.1, 0.15) is 11.6 Å².